The molecule has 0 aromatic heterocycles. The fourth-order valence-corrected chi connectivity index (χ4v) is 1.49. The van der Waals surface area contributed by atoms with Gasteiger partial charge in [0.2, 0.25) is 0 Å². The van der Waals surface area contributed by atoms with E-state index in [0.29, 0.717) is 11.3 Å². The van der Waals surface area contributed by atoms with Crippen LogP contribution in [0.15, 0.2) is 66.9 Å². The summed E-state index contributed by atoms with van der Waals surface area (Å²) in [6, 6.07) is 15.0. The molecule has 0 fully saturated rings. The molecule has 2 aromatic rings. The molecule has 0 saturated carbocycles. The average molecular weight is 241 g/mol. The lowest BCUT2D eigenvalue weighted by atomic mass is 10.1. The molecule has 90 valence electrons. The Labute approximate surface area is 105 Å². The number of carbonyl (C=O) groups excluding carboxylic acids is 1. The summed E-state index contributed by atoms with van der Waals surface area (Å²) in [5, 5.41) is 2.84. The topological polar surface area (TPSA) is 29.1 Å². The molecule has 0 saturated heterocycles. The van der Waals surface area contributed by atoms with E-state index in [-0.39, 0.29) is 11.6 Å². The van der Waals surface area contributed by atoms with Gasteiger partial charge >= 0.3 is 0 Å². The van der Waals surface area contributed by atoms with Gasteiger partial charge in [0.25, 0.3) is 0 Å². The van der Waals surface area contributed by atoms with Crippen molar-refractivity contribution < 1.29 is 9.18 Å². The zero-order valence-corrected chi connectivity index (χ0v) is 9.64. The van der Waals surface area contributed by atoms with Crippen molar-refractivity contribution in [1.29, 1.82) is 0 Å². The van der Waals surface area contributed by atoms with Gasteiger partial charge in [-0.25, -0.2) is 4.39 Å². The van der Waals surface area contributed by atoms with Crippen molar-refractivity contribution in [3.05, 3.63) is 78.3 Å². The number of anilines is 1. The van der Waals surface area contributed by atoms with Crippen LogP contribution >= 0.6 is 0 Å². The Morgan fingerprint density at radius 1 is 1.06 bits per heavy atom. The summed E-state index contributed by atoms with van der Waals surface area (Å²) in [5.41, 5.74) is 1.22. The number of nitrogens with one attached hydrogen (secondary N) is 1. The van der Waals surface area contributed by atoms with E-state index in [1.54, 1.807) is 36.4 Å². The second kappa shape index (κ2) is 5.77. The Kier molecular flexibility index (Phi) is 3.86. The summed E-state index contributed by atoms with van der Waals surface area (Å²) in [7, 11) is 0. The van der Waals surface area contributed by atoms with Crippen molar-refractivity contribution in [2.45, 2.75) is 0 Å². The van der Waals surface area contributed by atoms with Crippen LogP contribution in [-0.2, 0) is 0 Å². The van der Waals surface area contributed by atoms with Crippen molar-refractivity contribution in [3.63, 3.8) is 0 Å². The standard InChI is InChI=1S/C15H12FNO/c16-13-7-4-8-14(11-13)17-10-9-15(18)12-5-2-1-3-6-12/h1-11,17H/b10-9-. The van der Waals surface area contributed by atoms with Gasteiger partial charge in [0.1, 0.15) is 5.82 Å². The Morgan fingerprint density at radius 3 is 2.56 bits per heavy atom. The van der Waals surface area contributed by atoms with Gasteiger partial charge in [-0.2, -0.15) is 0 Å². The fourth-order valence-electron chi connectivity index (χ4n) is 1.49. The van der Waals surface area contributed by atoms with E-state index in [1.165, 1.54) is 24.4 Å². The molecule has 0 radical (unpaired) electrons. The summed E-state index contributed by atoms with van der Waals surface area (Å²) in [6.07, 6.45) is 2.92. The van der Waals surface area contributed by atoms with Crippen LogP contribution in [0.2, 0.25) is 0 Å². The van der Waals surface area contributed by atoms with Crippen molar-refractivity contribution in [1.82, 2.24) is 0 Å². The largest absolute Gasteiger partial charge is 0.361 e. The molecule has 0 aliphatic heterocycles. The number of ketones is 1. The number of rotatable bonds is 4. The van der Waals surface area contributed by atoms with Gasteiger partial charge in [0.05, 0.1) is 0 Å². The second-order valence-corrected chi connectivity index (χ2v) is 3.72. The molecule has 0 unspecified atom stereocenters. The first-order valence-corrected chi connectivity index (χ1v) is 5.54. The van der Waals surface area contributed by atoms with Gasteiger partial charge in [-0.1, -0.05) is 36.4 Å². The second-order valence-electron chi connectivity index (χ2n) is 3.72. The summed E-state index contributed by atoms with van der Waals surface area (Å²) in [6.45, 7) is 0. The predicted molar refractivity (Wildman–Crippen MR) is 69.9 cm³/mol. The van der Waals surface area contributed by atoms with Gasteiger partial charge < -0.3 is 5.32 Å². The van der Waals surface area contributed by atoms with Gasteiger partial charge in [0, 0.05) is 23.5 Å². The van der Waals surface area contributed by atoms with Crippen molar-refractivity contribution in [2.24, 2.45) is 0 Å². The molecule has 0 atom stereocenters. The molecule has 0 amide bonds. The molecule has 2 nitrogen and oxygen atoms in total. The highest BCUT2D eigenvalue weighted by Crippen LogP contribution is 2.09. The maximum Gasteiger partial charge on any atom is 0.187 e. The number of hydrogen-bond donors (Lipinski definition) is 1. The Morgan fingerprint density at radius 2 is 1.83 bits per heavy atom. The molecule has 0 aliphatic rings. The summed E-state index contributed by atoms with van der Waals surface area (Å²) in [4.78, 5) is 11.7. The maximum absolute atomic E-state index is 12.9. The molecular formula is C15H12FNO. The molecule has 18 heavy (non-hydrogen) atoms. The van der Waals surface area contributed by atoms with Gasteiger partial charge in [0.15, 0.2) is 5.78 Å². The SMILES string of the molecule is O=C(/C=C\Nc1cccc(F)c1)c1ccccc1. The number of benzene rings is 2. The quantitative estimate of drug-likeness (QED) is 0.654. The van der Waals surface area contributed by atoms with Crippen molar-refractivity contribution in [3.8, 4) is 0 Å². The van der Waals surface area contributed by atoms with Gasteiger partial charge in [-0.05, 0) is 18.2 Å². The van der Waals surface area contributed by atoms with Crippen LogP contribution in [0.4, 0.5) is 10.1 Å². The van der Waals surface area contributed by atoms with Gasteiger partial charge in [-0.3, -0.25) is 4.79 Å². The highest BCUT2D eigenvalue weighted by Gasteiger charge is 1.98. The average Bonchev–Trinajstić information content (AvgIpc) is 2.40. The molecule has 2 aromatic carbocycles. The minimum absolute atomic E-state index is 0.0977. The number of halogens is 1. The lowest BCUT2D eigenvalue weighted by Gasteiger charge is -2.00. The summed E-state index contributed by atoms with van der Waals surface area (Å²) in [5.74, 6) is -0.415. The van der Waals surface area contributed by atoms with Crippen LogP contribution in [0, 0.1) is 5.82 Å². The van der Waals surface area contributed by atoms with Crippen LogP contribution in [0.1, 0.15) is 10.4 Å². The lowest BCUT2D eigenvalue weighted by molar-refractivity contribution is 0.104. The monoisotopic (exact) mass is 241 g/mol. The normalized spacial score (nSPS) is 10.5. The van der Waals surface area contributed by atoms with E-state index >= 15 is 0 Å². The molecule has 2 rings (SSSR count). The van der Waals surface area contributed by atoms with Gasteiger partial charge in [-0.15, -0.1) is 0 Å². The Balaban J connectivity index is 1.98. The smallest absolute Gasteiger partial charge is 0.187 e. The highest BCUT2D eigenvalue weighted by atomic mass is 19.1. The Bertz CT molecular complexity index is 564. The molecule has 0 aliphatic carbocycles. The van der Waals surface area contributed by atoms with E-state index in [0.717, 1.165) is 0 Å². The van der Waals surface area contributed by atoms with E-state index in [9.17, 15) is 9.18 Å². The first-order chi connectivity index (χ1) is 8.75. The molecule has 0 bridgehead atoms. The zero-order valence-electron chi connectivity index (χ0n) is 9.64. The minimum atomic E-state index is -0.317. The third kappa shape index (κ3) is 3.28. The molecule has 3 heteroatoms. The number of allylic oxidation sites excluding steroid dienone is 1. The first-order valence-electron chi connectivity index (χ1n) is 5.54. The fraction of sp³-hybridized carbons (Fsp3) is 0. The van der Waals surface area contributed by atoms with Crippen LogP contribution in [0.5, 0.6) is 0 Å². The Hall–Kier alpha value is -2.42. The van der Waals surface area contributed by atoms with E-state index in [2.05, 4.69) is 5.32 Å². The molecule has 0 heterocycles. The summed E-state index contributed by atoms with van der Waals surface area (Å²) < 4.78 is 12.9. The predicted octanol–water partition coefficient (Wildman–Crippen LogP) is 3.63. The highest BCUT2D eigenvalue weighted by molar-refractivity contribution is 6.04. The van der Waals surface area contributed by atoms with E-state index in [1.807, 2.05) is 6.07 Å². The van der Waals surface area contributed by atoms with Crippen molar-refractivity contribution in [2.75, 3.05) is 5.32 Å². The molecule has 0 spiro atoms. The summed E-state index contributed by atoms with van der Waals surface area (Å²) >= 11 is 0. The maximum atomic E-state index is 12.9. The number of carbonyl (C=O) groups is 1. The van der Waals surface area contributed by atoms with E-state index in [4.69, 9.17) is 0 Å². The van der Waals surface area contributed by atoms with E-state index < -0.39 is 0 Å². The first kappa shape index (κ1) is 12.0. The third-order valence-corrected chi connectivity index (χ3v) is 2.37. The molecular weight excluding hydrogens is 229 g/mol. The third-order valence-electron chi connectivity index (χ3n) is 2.37. The number of hydrogen-bond acceptors (Lipinski definition) is 2. The van der Waals surface area contributed by atoms with Crippen LogP contribution in [-0.4, -0.2) is 5.78 Å². The van der Waals surface area contributed by atoms with Crippen LogP contribution in [0.25, 0.3) is 0 Å². The lowest BCUT2D eigenvalue weighted by Crippen LogP contribution is -1.95. The van der Waals surface area contributed by atoms with Crippen molar-refractivity contribution >= 4 is 11.5 Å². The zero-order chi connectivity index (χ0) is 12.8. The molecule has 1 N–H and O–H groups in total. The van der Waals surface area contributed by atoms with Crippen LogP contribution < -0.4 is 5.32 Å². The minimum Gasteiger partial charge on any atom is -0.361 e. The van der Waals surface area contributed by atoms with Crippen LogP contribution in [0.3, 0.4) is 0 Å².